The third kappa shape index (κ3) is 4.99. The number of benzene rings is 4. The average molecular weight is 812 g/mol. The summed E-state index contributed by atoms with van der Waals surface area (Å²) in [5.41, 5.74) is 2.89. The number of phenolic OH excluding ortho intramolecular Hbond substituents is 1. The van der Waals surface area contributed by atoms with Crippen molar-refractivity contribution >= 4 is 78.2 Å². The van der Waals surface area contributed by atoms with Gasteiger partial charge in [0, 0.05) is 21.8 Å². The van der Waals surface area contributed by atoms with E-state index in [9.17, 15) is 24.3 Å². The van der Waals surface area contributed by atoms with Crippen molar-refractivity contribution in [2.24, 2.45) is 29.1 Å². The highest BCUT2D eigenvalue weighted by Crippen LogP contribution is 2.65. The van der Waals surface area contributed by atoms with Gasteiger partial charge in [-0.2, -0.15) is 0 Å². The third-order valence-corrected chi connectivity index (χ3v) is 13.3. The zero-order valence-corrected chi connectivity index (χ0v) is 30.8. The second kappa shape index (κ2) is 12.5. The number of ether oxygens (including phenoxy) is 1. The van der Waals surface area contributed by atoms with Gasteiger partial charge in [0.05, 0.1) is 46.1 Å². The number of phenols is 1. The fourth-order valence-corrected chi connectivity index (χ4v) is 9.75. The summed E-state index contributed by atoms with van der Waals surface area (Å²) < 4.78 is 6.39. The molecule has 0 radical (unpaired) electrons. The van der Waals surface area contributed by atoms with E-state index in [2.05, 4.69) is 37.2 Å². The first kappa shape index (κ1) is 33.4. The molecule has 8 rings (SSSR count). The molecule has 0 spiro atoms. The largest absolute Gasteiger partial charge is 0.503 e. The number of allylic oxidation sites excluding steroid dienone is 2. The number of hydrogen-bond donors (Lipinski definition) is 2. The fraction of sp³-hybridized carbons (Fsp3) is 0.250. The number of carbonyl (C=O) groups is 4. The first-order chi connectivity index (χ1) is 24.6. The van der Waals surface area contributed by atoms with Crippen molar-refractivity contribution in [3.63, 3.8) is 0 Å². The number of amides is 4. The van der Waals surface area contributed by atoms with Crippen molar-refractivity contribution in [3.8, 4) is 11.5 Å². The van der Waals surface area contributed by atoms with E-state index in [1.165, 1.54) is 16.9 Å². The van der Waals surface area contributed by atoms with Crippen molar-refractivity contribution in [1.29, 1.82) is 0 Å². The van der Waals surface area contributed by atoms with E-state index < -0.39 is 35.0 Å². The van der Waals surface area contributed by atoms with E-state index in [1.54, 1.807) is 42.5 Å². The summed E-state index contributed by atoms with van der Waals surface area (Å²) in [6, 6.07) is 27.5. The Kier molecular flexibility index (Phi) is 8.18. The highest BCUT2D eigenvalue weighted by atomic mass is 79.9. The summed E-state index contributed by atoms with van der Waals surface area (Å²) >= 11 is 7.17. The Balaban J connectivity index is 1.21. The summed E-state index contributed by atoms with van der Waals surface area (Å²) in [7, 11) is 1.45. The molecular formula is C40H33Br2N3O6. The molecular weight excluding hydrogens is 778 g/mol. The van der Waals surface area contributed by atoms with Gasteiger partial charge in [-0.25, -0.2) is 4.90 Å². The van der Waals surface area contributed by atoms with Gasteiger partial charge in [-0.3, -0.25) is 24.1 Å². The molecule has 2 aliphatic heterocycles. The van der Waals surface area contributed by atoms with Crippen molar-refractivity contribution in [3.05, 3.63) is 117 Å². The number of imide groups is 2. The van der Waals surface area contributed by atoms with Crippen LogP contribution in [0.5, 0.6) is 11.5 Å². The van der Waals surface area contributed by atoms with Gasteiger partial charge in [0.15, 0.2) is 11.5 Å². The number of methoxy groups -OCH3 is 1. The summed E-state index contributed by atoms with van der Waals surface area (Å²) in [4.78, 5) is 60.3. The minimum Gasteiger partial charge on any atom is -0.503 e. The van der Waals surface area contributed by atoms with E-state index in [0.717, 1.165) is 16.9 Å². The number of nitrogens with zero attached hydrogens (tertiary/aromatic N) is 2. The number of fused-ring (bicyclic) bond motifs is 4. The van der Waals surface area contributed by atoms with Crippen molar-refractivity contribution in [2.45, 2.75) is 25.7 Å². The molecule has 9 nitrogen and oxygen atoms in total. The second-order valence-electron chi connectivity index (χ2n) is 13.7. The lowest BCUT2D eigenvalue weighted by Crippen LogP contribution is -2.49. The molecule has 2 N–H and O–H groups in total. The van der Waals surface area contributed by atoms with Gasteiger partial charge >= 0.3 is 0 Å². The van der Waals surface area contributed by atoms with Crippen LogP contribution in [0, 0.1) is 29.1 Å². The Morgan fingerprint density at radius 3 is 2.08 bits per heavy atom. The number of nitrogens with one attached hydrogen (secondary N) is 1. The lowest BCUT2D eigenvalue weighted by atomic mass is 9.51. The number of halogens is 2. The smallest absolute Gasteiger partial charge is 0.241 e. The Hall–Kier alpha value is -4.74. The van der Waals surface area contributed by atoms with Crippen LogP contribution >= 0.6 is 31.9 Å². The zero-order chi connectivity index (χ0) is 35.8. The van der Waals surface area contributed by atoms with Crippen LogP contribution in [0.15, 0.2) is 112 Å². The van der Waals surface area contributed by atoms with Crippen LogP contribution in [-0.4, -0.2) is 35.8 Å². The van der Waals surface area contributed by atoms with Gasteiger partial charge in [0.2, 0.25) is 23.6 Å². The molecule has 1 saturated carbocycles. The fourth-order valence-electron chi connectivity index (χ4n) is 8.80. The summed E-state index contributed by atoms with van der Waals surface area (Å²) in [5.74, 6) is -4.49. The Morgan fingerprint density at radius 2 is 1.41 bits per heavy atom. The summed E-state index contributed by atoms with van der Waals surface area (Å²) in [6.45, 7) is 1.83. The first-order valence-corrected chi connectivity index (χ1v) is 18.3. The number of rotatable bonds is 6. The Labute approximate surface area is 311 Å². The number of para-hydroxylation sites is 2. The molecule has 2 saturated heterocycles. The summed E-state index contributed by atoms with van der Waals surface area (Å²) in [6.07, 6.45) is 2.54. The maximum absolute atomic E-state index is 14.7. The third-order valence-electron chi connectivity index (χ3n) is 11.2. The molecule has 4 amide bonds. The SMILES string of the molecule is COc1cc(C2C3=CCC4C(=O)N(c5ccc(Nc6ccccc6)cc5)C(=O)C4C3CC3C(=O)N(c4ccccc4)C(=O)C32C)c(Br)c(Br)c1O. The molecule has 51 heavy (non-hydrogen) atoms. The first-order valence-electron chi connectivity index (χ1n) is 16.7. The molecule has 2 aliphatic carbocycles. The van der Waals surface area contributed by atoms with Gasteiger partial charge in [-0.15, -0.1) is 0 Å². The molecule has 6 unspecified atom stereocenters. The van der Waals surface area contributed by atoms with Crippen LogP contribution in [0.4, 0.5) is 22.7 Å². The minimum atomic E-state index is -1.25. The maximum Gasteiger partial charge on any atom is 0.241 e. The van der Waals surface area contributed by atoms with Gasteiger partial charge in [0.25, 0.3) is 0 Å². The highest BCUT2D eigenvalue weighted by molar-refractivity contribution is 9.13. The Morgan fingerprint density at radius 1 is 0.784 bits per heavy atom. The number of hydrogen-bond acceptors (Lipinski definition) is 7. The topological polar surface area (TPSA) is 116 Å². The lowest BCUT2D eigenvalue weighted by Gasteiger charge is -2.49. The molecule has 4 aliphatic rings. The molecule has 2 heterocycles. The van der Waals surface area contributed by atoms with Gasteiger partial charge in [-0.1, -0.05) is 48.0 Å². The van der Waals surface area contributed by atoms with E-state index >= 15 is 0 Å². The molecule has 0 bridgehead atoms. The predicted molar refractivity (Wildman–Crippen MR) is 200 cm³/mol. The van der Waals surface area contributed by atoms with E-state index in [4.69, 9.17) is 4.74 Å². The van der Waals surface area contributed by atoms with E-state index in [0.29, 0.717) is 32.3 Å². The van der Waals surface area contributed by atoms with Crippen molar-refractivity contribution in [1.82, 2.24) is 0 Å². The number of aromatic hydroxyl groups is 1. The molecule has 3 fully saturated rings. The quantitative estimate of drug-likeness (QED) is 0.149. The molecule has 258 valence electrons. The molecule has 6 atom stereocenters. The monoisotopic (exact) mass is 809 g/mol. The Bertz CT molecular complexity index is 2140. The molecule has 4 aromatic rings. The second-order valence-corrected chi connectivity index (χ2v) is 15.3. The average Bonchev–Trinajstić information content (AvgIpc) is 3.51. The molecule has 11 heteroatoms. The number of anilines is 4. The van der Waals surface area contributed by atoms with Crippen LogP contribution < -0.4 is 19.9 Å². The zero-order valence-electron chi connectivity index (χ0n) is 27.7. The summed E-state index contributed by atoms with van der Waals surface area (Å²) in [5, 5.41) is 14.2. The van der Waals surface area contributed by atoms with Crippen LogP contribution in [-0.2, 0) is 19.2 Å². The maximum atomic E-state index is 14.7. The van der Waals surface area contributed by atoms with Gasteiger partial charge in [-0.05, 0) is 118 Å². The predicted octanol–water partition coefficient (Wildman–Crippen LogP) is 8.10. The van der Waals surface area contributed by atoms with Gasteiger partial charge < -0.3 is 15.2 Å². The van der Waals surface area contributed by atoms with Crippen LogP contribution in [0.1, 0.15) is 31.2 Å². The minimum absolute atomic E-state index is 0.114. The van der Waals surface area contributed by atoms with Crippen LogP contribution in [0.3, 0.4) is 0 Å². The normalized spacial score (nSPS) is 26.8. The molecule has 0 aromatic heterocycles. The van der Waals surface area contributed by atoms with Crippen LogP contribution in [0.2, 0.25) is 0 Å². The highest BCUT2D eigenvalue weighted by Gasteiger charge is 2.68. The van der Waals surface area contributed by atoms with Crippen molar-refractivity contribution in [2.75, 3.05) is 22.2 Å². The van der Waals surface area contributed by atoms with Crippen molar-refractivity contribution < 1.29 is 29.0 Å². The standard InChI is InChI=1S/C40H33Br2N3O6/c1-40-29(37(48)45(39(40)50)23-11-7-4-8-12-23)19-27-25(32(40)28-20-30(51-2)35(46)34(42)33(28)41)17-18-26-31(27)38(49)44(36(26)47)24-15-13-22(14-16-24)43-21-9-5-3-6-10-21/h3-17,20,26-27,29,31-32,43,46H,18-19H2,1-2H3. The lowest BCUT2D eigenvalue weighted by molar-refractivity contribution is -0.131. The van der Waals surface area contributed by atoms with Gasteiger partial charge in [0.1, 0.15) is 0 Å². The molecule has 4 aromatic carbocycles. The number of carbonyl (C=O) groups excluding carboxylic acids is 4. The van der Waals surface area contributed by atoms with Crippen LogP contribution in [0.25, 0.3) is 0 Å². The van der Waals surface area contributed by atoms with E-state index in [-0.39, 0.29) is 41.5 Å². The van der Waals surface area contributed by atoms with E-state index in [1.807, 2.05) is 61.5 Å².